The Balaban J connectivity index is 1.69. The molecule has 0 fully saturated rings. The second kappa shape index (κ2) is 8.73. The summed E-state index contributed by atoms with van der Waals surface area (Å²) in [5.74, 6) is 0.230. The van der Waals surface area contributed by atoms with Crippen molar-refractivity contribution in [2.24, 2.45) is 0 Å². The van der Waals surface area contributed by atoms with Gasteiger partial charge in [0.2, 0.25) is 5.91 Å². The number of amides is 1. The van der Waals surface area contributed by atoms with Crippen LogP contribution in [-0.2, 0) is 11.3 Å². The molecule has 5 nitrogen and oxygen atoms in total. The zero-order valence-corrected chi connectivity index (χ0v) is 16.6. The molecule has 0 bridgehead atoms. The Morgan fingerprint density at radius 2 is 1.93 bits per heavy atom. The van der Waals surface area contributed by atoms with Gasteiger partial charge in [-0.1, -0.05) is 35.0 Å². The Labute approximate surface area is 169 Å². The van der Waals surface area contributed by atoms with Gasteiger partial charge < -0.3 is 9.88 Å². The van der Waals surface area contributed by atoms with Gasteiger partial charge in [0.1, 0.15) is 5.82 Å². The van der Waals surface area contributed by atoms with Gasteiger partial charge in [0.15, 0.2) is 11.0 Å². The highest BCUT2D eigenvalue weighted by molar-refractivity contribution is 7.99. The van der Waals surface area contributed by atoms with Gasteiger partial charge in [0.25, 0.3) is 0 Å². The van der Waals surface area contributed by atoms with Crippen LogP contribution in [0.1, 0.15) is 6.92 Å². The third-order valence-electron chi connectivity index (χ3n) is 3.67. The van der Waals surface area contributed by atoms with Crippen LogP contribution in [0.15, 0.2) is 47.6 Å². The molecule has 0 radical (unpaired) electrons. The Morgan fingerprint density at radius 1 is 1.19 bits per heavy atom. The summed E-state index contributed by atoms with van der Waals surface area (Å²) >= 11 is 13.2. The van der Waals surface area contributed by atoms with Crippen molar-refractivity contribution in [2.75, 3.05) is 11.1 Å². The van der Waals surface area contributed by atoms with E-state index in [0.717, 1.165) is 5.56 Å². The molecule has 0 aliphatic heterocycles. The van der Waals surface area contributed by atoms with Gasteiger partial charge in [-0.3, -0.25) is 4.79 Å². The number of rotatable bonds is 6. The van der Waals surface area contributed by atoms with E-state index in [2.05, 4.69) is 15.5 Å². The maximum atomic E-state index is 13.1. The first-order valence-electron chi connectivity index (χ1n) is 8.04. The number of anilines is 1. The second-order valence-corrected chi connectivity index (χ2v) is 7.30. The summed E-state index contributed by atoms with van der Waals surface area (Å²) in [6, 6.07) is 10.9. The van der Waals surface area contributed by atoms with Crippen LogP contribution >= 0.6 is 35.0 Å². The van der Waals surface area contributed by atoms with Gasteiger partial charge in [0, 0.05) is 17.1 Å². The van der Waals surface area contributed by atoms with E-state index in [0.29, 0.717) is 33.3 Å². The molecular weight excluding hydrogens is 410 g/mol. The minimum absolute atomic E-state index is 0.139. The lowest BCUT2D eigenvalue weighted by atomic mass is 10.2. The molecule has 27 heavy (non-hydrogen) atoms. The number of nitrogens with one attached hydrogen (secondary N) is 1. The van der Waals surface area contributed by atoms with Gasteiger partial charge in [-0.05, 0) is 49.4 Å². The van der Waals surface area contributed by atoms with E-state index >= 15 is 0 Å². The third kappa shape index (κ3) is 4.80. The summed E-state index contributed by atoms with van der Waals surface area (Å²) in [6.45, 7) is 2.57. The number of halogens is 3. The van der Waals surface area contributed by atoms with Gasteiger partial charge in [-0.15, -0.1) is 10.2 Å². The lowest BCUT2D eigenvalue weighted by Crippen LogP contribution is -2.15. The summed E-state index contributed by atoms with van der Waals surface area (Å²) in [4.78, 5) is 12.2. The number of thioether (sulfide) groups is 1. The fraction of sp³-hybridized carbons (Fsp3) is 0.167. The summed E-state index contributed by atoms with van der Waals surface area (Å²) in [7, 11) is 0. The predicted octanol–water partition coefficient (Wildman–Crippen LogP) is 5.14. The van der Waals surface area contributed by atoms with Crippen molar-refractivity contribution in [3.8, 4) is 11.4 Å². The molecule has 9 heteroatoms. The fourth-order valence-electron chi connectivity index (χ4n) is 2.40. The summed E-state index contributed by atoms with van der Waals surface area (Å²) in [6.07, 6.45) is 0. The molecule has 140 valence electrons. The molecule has 3 aromatic rings. The fourth-order valence-corrected chi connectivity index (χ4v) is 3.66. The monoisotopic (exact) mass is 424 g/mol. The number of benzene rings is 2. The number of hydrogen-bond acceptors (Lipinski definition) is 4. The largest absolute Gasteiger partial charge is 0.324 e. The van der Waals surface area contributed by atoms with Crippen LogP contribution < -0.4 is 5.32 Å². The number of nitrogens with zero attached hydrogens (tertiary/aromatic N) is 3. The Kier molecular flexibility index (Phi) is 6.36. The smallest absolute Gasteiger partial charge is 0.234 e. The quantitative estimate of drug-likeness (QED) is 0.556. The van der Waals surface area contributed by atoms with Crippen molar-refractivity contribution in [2.45, 2.75) is 18.6 Å². The van der Waals surface area contributed by atoms with Crippen LogP contribution in [0.4, 0.5) is 10.1 Å². The highest BCUT2D eigenvalue weighted by Gasteiger charge is 2.15. The van der Waals surface area contributed by atoms with Crippen LogP contribution in [0.5, 0.6) is 0 Å². The summed E-state index contributed by atoms with van der Waals surface area (Å²) in [5.41, 5.74) is 1.26. The molecule has 0 unspecified atom stereocenters. The van der Waals surface area contributed by atoms with Crippen LogP contribution in [-0.4, -0.2) is 26.4 Å². The normalized spacial score (nSPS) is 10.8. The van der Waals surface area contributed by atoms with Crippen molar-refractivity contribution in [1.29, 1.82) is 0 Å². The standard InChI is InChI=1S/C18H15Cl2FN4OS/c1-2-25-17(11-3-6-13(21)7-4-11)23-24-18(25)27-10-16(26)22-15-8-5-12(19)9-14(15)20/h3-9H,2,10H2,1H3,(H,22,26). The van der Waals surface area contributed by atoms with Crippen molar-refractivity contribution in [3.05, 3.63) is 58.3 Å². The molecule has 0 atom stereocenters. The minimum Gasteiger partial charge on any atom is -0.324 e. The van der Waals surface area contributed by atoms with Gasteiger partial charge >= 0.3 is 0 Å². The molecule has 0 aliphatic carbocycles. The first kappa shape index (κ1) is 19.7. The van der Waals surface area contributed by atoms with E-state index < -0.39 is 0 Å². The first-order valence-corrected chi connectivity index (χ1v) is 9.79. The second-order valence-electron chi connectivity index (χ2n) is 5.52. The zero-order valence-electron chi connectivity index (χ0n) is 14.2. The molecule has 1 heterocycles. The van der Waals surface area contributed by atoms with E-state index in [1.54, 1.807) is 30.3 Å². The van der Waals surface area contributed by atoms with Crippen LogP contribution in [0.2, 0.25) is 10.0 Å². The molecule has 1 amide bonds. The highest BCUT2D eigenvalue weighted by Crippen LogP contribution is 2.27. The van der Waals surface area contributed by atoms with Crippen molar-refractivity contribution in [1.82, 2.24) is 14.8 Å². The van der Waals surface area contributed by atoms with Gasteiger partial charge in [-0.25, -0.2) is 4.39 Å². The maximum Gasteiger partial charge on any atom is 0.234 e. The number of hydrogen-bond donors (Lipinski definition) is 1. The predicted molar refractivity (Wildman–Crippen MR) is 107 cm³/mol. The number of carbonyl (C=O) groups is 1. The maximum absolute atomic E-state index is 13.1. The van der Waals surface area contributed by atoms with Crippen molar-refractivity contribution in [3.63, 3.8) is 0 Å². The van der Waals surface area contributed by atoms with Gasteiger partial charge in [0.05, 0.1) is 16.5 Å². The Morgan fingerprint density at radius 3 is 2.59 bits per heavy atom. The molecule has 0 saturated carbocycles. The molecule has 0 aliphatic rings. The van der Waals surface area contributed by atoms with Crippen LogP contribution in [0, 0.1) is 5.82 Å². The van der Waals surface area contributed by atoms with E-state index in [9.17, 15) is 9.18 Å². The summed E-state index contributed by atoms with van der Waals surface area (Å²) < 4.78 is 15.0. The lowest BCUT2D eigenvalue weighted by molar-refractivity contribution is -0.113. The molecule has 2 aromatic carbocycles. The number of carbonyl (C=O) groups excluding carboxylic acids is 1. The molecule has 3 rings (SSSR count). The van der Waals surface area contributed by atoms with Gasteiger partial charge in [-0.2, -0.15) is 0 Å². The van der Waals surface area contributed by atoms with E-state index in [1.165, 1.54) is 23.9 Å². The van der Waals surface area contributed by atoms with E-state index in [4.69, 9.17) is 23.2 Å². The average Bonchev–Trinajstić information content (AvgIpc) is 3.06. The topological polar surface area (TPSA) is 59.8 Å². The SMILES string of the molecule is CCn1c(SCC(=O)Nc2ccc(Cl)cc2Cl)nnc1-c1ccc(F)cc1. The molecular formula is C18H15Cl2FN4OS. The zero-order chi connectivity index (χ0) is 19.4. The third-order valence-corrected chi connectivity index (χ3v) is 5.19. The lowest BCUT2D eigenvalue weighted by Gasteiger charge is -2.09. The van der Waals surface area contributed by atoms with Crippen LogP contribution in [0.3, 0.4) is 0 Å². The first-order chi connectivity index (χ1) is 13.0. The molecule has 0 spiro atoms. The van der Waals surface area contributed by atoms with Crippen LogP contribution in [0.25, 0.3) is 11.4 Å². The van der Waals surface area contributed by atoms with E-state index in [-0.39, 0.29) is 17.5 Å². The Hall–Kier alpha value is -2.09. The van der Waals surface area contributed by atoms with Crippen molar-refractivity contribution >= 4 is 46.6 Å². The molecule has 0 saturated heterocycles. The van der Waals surface area contributed by atoms with E-state index in [1.807, 2.05) is 11.5 Å². The van der Waals surface area contributed by atoms with Crippen molar-refractivity contribution < 1.29 is 9.18 Å². The summed E-state index contributed by atoms with van der Waals surface area (Å²) in [5, 5.41) is 12.5. The molecule has 1 aromatic heterocycles. The average molecular weight is 425 g/mol. The molecule has 1 N–H and O–H groups in total. The highest BCUT2D eigenvalue weighted by atomic mass is 35.5. The number of aromatic nitrogens is 3. The Bertz CT molecular complexity index is 962. The minimum atomic E-state index is -0.312.